The molecule has 0 saturated heterocycles. The van der Waals surface area contributed by atoms with Crippen LogP contribution in [0.15, 0.2) is 63.5 Å². The fourth-order valence-corrected chi connectivity index (χ4v) is 4.17. The highest BCUT2D eigenvalue weighted by atomic mass is 79.9. The van der Waals surface area contributed by atoms with Gasteiger partial charge in [-0.05, 0) is 68.8 Å². The summed E-state index contributed by atoms with van der Waals surface area (Å²) in [5, 5.41) is 0. The Bertz CT molecular complexity index is 1190. The Morgan fingerprint density at radius 2 is 1.79 bits per heavy atom. The van der Waals surface area contributed by atoms with E-state index in [4.69, 9.17) is 13.9 Å². The van der Waals surface area contributed by atoms with Crippen LogP contribution in [0.25, 0.3) is 0 Å². The molecular weight excluding hydrogens is 500 g/mol. The largest absolute Gasteiger partial charge is 0.464 e. The van der Waals surface area contributed by atoms with E-state index in [0.29, 0.717) is 29.4 Å². The van der Waals surface area contributed by atoms with Gasteiger partial charge in [0.15, 0.2) is 11.5 Å². The van der Waals surface area contributed by atoms with Gasteiger partial charge in [-0.3, -0.25) is 9.59 Å². The molecule has 3 aromatic rings. The average Bonchev–Trinajstić information content (AvgIpc) is 3.44. The molecule has 2 heterocycles. The monoisotopic (exact) mass is 526 g/mol. The molecule has 178 valence electrons. The van der Waals surface area contributed by atoms with E-state index in [1.807, 2.05) is 63.2 Å². The highest BCUT2D eigenvalue weighted by Crippen LogP contribution is 2.33. The molecule has 2 aromatic carbocycles. The fraction of sp³-hybridized carbons (Fsp3) is 0.308. The van der Waals surface area contributed by atoms with Crippen LogP contribution in [0.2, 0.25) is 0 Å². The van der Waals surface area contributed by atoms with Crippen molar-refractivity contribution in [1.29, 1.82) is 0 Å². The lowest BCUT2D eigenvalue weighted by atomic mass is 10.1. The van der Waals surface area contributed by atoms with Gasteiger partial charge in [0, 0.05) is 22.6 Å². The van der Waals surface area contributed by atoms with E-state index in [2.05, 4.69) is 15.9 Å². The number of furan rings is 1. The lowest BCUT2D eigenvalue weighted by Crippen LogP contribution is -2.45. The van der Waals surface area contributed by atoms with Gasteiger partial charge in [-0.25, -0.2) is 0 Å². The number of rotatable bonds is 8. The summed E-state index contributed by atoms with van der Waals surface area (Å²) in [6.07, 6.45) is 0. The first kappa shape index (κ1) is 23.9. The molecule has 0 spiro atoms. The number of hydrogen-bond donors (Lipinski definition) is 0. The molecule has 34 heavy (non-hydrogen) atoms. The van der Waals surface area contributed by atoms with E-state index in [1.165, 1.54) is 0 Å². The summed E-state index contributed by atoms with van der Waals surface area (Å²) in [4.78, 5) is 30.0. The summed E-state index contributed by atoms with van der Waals surface area (Å²) in [6.45, 7) is 6.44. The Morgan fingerprint density at radius 1 is 1.00 bits per heavy atom. The van der Waals surface area contributed by atoms with Crippen molar-refractivity contribution in [3.8, 4) is 11.5 Å². The zero-order valence-electron chi connectivity index (χ0n) is 19.4. The third-order valence-electron chi connectivity index (χ3n) is 5.57. The maximum absolute atomic E-state index is 13.5. The van der Waals surface area contributed by atoms with Crippen LogP contribution < -0.4 is 9.47 Å². The van der Waals surface area contributed by atoms with Gasteiger partial charge >= 0.3 is 0 Å². The van der Waals surface area contributed by atoms with Crippen molar-refractivity contribution in [2.45, 2.75) is 39.9 Å². The zero-order valence-corrected chi connectivity index (χ0v) is 21.0. The van der Waals surface area contributed by atoms with Gasteiger partial charge in [-0.15, -0.1) is 0 Å². The molecule has 0 bridgehead atoms. The van der Waals surface area contributed by atoms with Gasteiger partial charge in [0.25, 0.3) is 5.91 Å². The van der Waals surface area contributed by atoms with Gasteiger partial charge < -0.3 is 23.7 Å². The smallest absolute Gasteiger partial charge is 0.254 e. The molecule has 1 aliphatic heterocycles. The zero-order chi connectivity index (χ0) is 24.2. The molecule has 0 radical (unpaired) electrons. The Labute approximate surface area is 207 Å². The van der Waals surface area contributed by atoms with Crippen molar-refractivity contribution in [2.24, 2.45) is 0 Å². The summed E-state index contributed by atoms with van der Waals surface area (Å²) < 4.78 is 17.4. The Kier molecular flexibility index (Phi) is 7.26. The van der Waals surface area contributed by atoms with Crippen LogP contribution in [-0.2, 0) is 17.9 Å². The van der Waals surface area contributed by atoms with Crippen LogP contribution in [0.4, 0.5) is 0 Å². The molecule has 0 atom stereocenters. The summed E-state index contributed by atoms with van der Waals surface area (Å²) in [6, 6.07) is 16.4. The van der Waals surface area contributed by atoms with E-state index in [9.17, 15) is 9.59 Å². The molecule has 7 nitrogen and oxygen atoms in total. The predicted molar refractivity (Wildman–Crippen MR) is 131 cm³/mol. The molecule has 1 aromatic heterocycles. The Balaban J connectivity index is 1.56. The number of benzene rings is 2. The van der Waals surface area contributed by atoms with Crippen molar-refractivity contribution >= 4 is 27.7 Å². The first-order chi connectivity index (χ1) is 16.3. The molecule has 1 aliphatic rings. The highest BCUT2D eigenvalue weighted by molar-refractivity contribution is 9.10. The summed E-state index contributed by atoms with van der Waals surface area (Å²) >= 11 is 3.41. The predicted octanol–water partition coefficient (Wildman–Crippen LogP) is 5.16. The van der Waals surface area contributed by atoms with Crippen LogP contribution in [0.1, 0.15) is 41.3 Å². The lowest BCUT2D eigenvalue weighted by Gasteiger charge is -2.30. The van der Waals surface area contributed by atoms with Crippen molar-refractivity contribution < 1.29 is 23.5 Å². The standard InChI is InChI=1S/C26H27BrN2O5/c1-17(2)29(26(31)20-5-4-6-21(27)12-20)15-25(30)28(14-22-9-7-18(3)34-22)13-19-8-10-23-24(11-19)33-16-32-23/h4-12,17H,13-16H2,1-3H3. The molecule has 0 unspecified atom stereocenters. The van der Waals surface area contributed by atoms with E-state index < -0.39 is 0 Å². The summed E-state index contributed by atoms with van der Waals surface area (Å²) in [5.74, 6) is 2.44. The summed E-state index contributed by atoms with van der Waals surface area (Å²) in [5.41, 5.74) is 1.43. The van der Waals surface area contributed by atoms with E-state index in [1.54, 1.807) is 21.9 Å². The van der Waals surface area contributed by atoms with Crippen molar-refractivity contribution in [2.75, 3.05) is 13.3 Å². The highest BCUT2D eigenvalue weighted by Gasteiger charge is 2.26. The van der Waals surface area contributed by atoms with E-state index in [0.717, 1.165) is 15.8 Å². The van der Waals surface area contributed by atoms with Crippen molar-refractivity contribution in [3.63, 3.8) is 0 Å². The number of aryl methyl sites for hydroxylation is 1. The SMILES string of the molecule is Cc1ccc(CN(Cc2ccc3c(c2)OCO3)C(=O)CN(C(=O)c2cccc(Br)c2)C(C)C)o1. The van der Waals surface area contributed by atoms with Gasteiger partial charge in [-0.2, -0.15) is 0 Å². The number of fused-ring (bicyclic) bond motifs is 1. The van der Waals surface area contributed by atoms with Crippen LogP contribution in [-0.4, -0.2) is 41.0 Å². The second kappa shape index (κ2) is 10.3. The second-order valence-electron chi connectivity index (χ2n) is 8.49. The molecule has 2 amide bonds. The third-order valence-corrected chi connectivity index (χ3v) is 6.06. The fourth-order valence-electron chi connectivity index (χ4n) is 3.77. The molecule has 0 saturated carbocycles. The molecule has 8 heteroatoms. The van der Waals surface area contributed by atoms with Gasteiger partial charge in [0.2, 0.25) is 12.7 Å². The minimum absolute atomic E-state index is 0.0484. The Hall–Kier alpha value is -3.26. The molecule has 4 rings (SSSR count). The first-order valence-electron chi connectivity index (χ1n) is 11.1. The number of ether oxygens (including phenoxy) is 2. The number of halogens is 1. The molecule has 0 N–H and O–H groups in total. The molecule has 0 fully saturated rings. The number of nitrogens with zero attached hydrogens (tertiary/aromatic N) is 2. The van der Waals surface area contributed by atoms with Crippen molar-refractivity contribution in [1.82, 2.24) is 9.80 Å². The molecular formula is C26H27BrN2O5. The Morgan fingerprint density at radius 3 is 2.50 bits per heavy atom. The molecule has 0 aliphatic carbocycles. The number of hydrogen-bond acceptors (Lipinski definition) is 5. The third kappa shape index (κ3) is 5.62. The van der Waals surface area contributed by atoms with Gasteiger partial charge in [0.1, 0.15) is 18.1 Å². The first-order valence-corrected chi connectivity index (χ1v) is 11.9. The normalized spacial score (nSPS) is 12.1. The van der Waals surface area contributed by atoms with E-state index >= 15 is 0 Å². The quantitative estimate of drug-likeness (QED) is 0.405. The van der Waals surface area contributed by atoms with Crippen molar-refractivity contribution in [3.05, 3.63) is 81.7 Å². The number of carbonyl (C=O) groups is 2. The number of carbonyl (C=O) groups excluding carboxylic acids is 2. The van der Waals surface area contributed by atoms with Crippen LogP contribution in [0.3, 0.4) is 0 Å². The average molecular weight is 527 g/mol. The maximum Gasteiger partial charge on any atom is 0.254 e. The second-order valence-corrected chi connectivity index (χ2v) is 9.40. The van der Waals surface area contributed by atoms with Gasteiger partial charge in [-0.1, -0.05) is 28.1 Å². The topological polar surface area (TPSA) is 72.2 Å². The van der Waals surface area contributed by atoms with Crippen LogP contribution in [0, 0.1) is 6.92 Å². The maximum atomic E-state index is 13.5. The minimum Gasteiger partial charge on any atom is -0.464 e. The van der Waals surface area contributed by atoms with Gasteiger partial charge in [0.05, 0.1) is 6.54 Å². The van der Waals surface area contributed by atoms with Crippen LogP contribution >= 0.6 is 15.9 Å². The number of amides is 2. The van der Waals surface area contributed by atoms with E-state index in [-0.39, 0.29) is 37.7 Å². The minimum atomic E-state index is -0.193. The lowest BCUT2D eigenvalue weighted by molar-refractivity contribution is -0.133. The summed E-state index contributed by atoms with van der Waals surface area (Å²) in [7, 11) is 0. The van der Waals surface area contributed by atoms with Crippen LogP contribution in [0.5, 0.6) is 11.5 Å².